The second kappa shape index (κ2) is 9.98. The highest BCUT2D eigenvalue weighted by Crippen LogP contribution is 2.46. The number of esters is 1. The van der Waals surface area contributed by atoms with Gasteiger partial charge < -0.3 is 19.3 Å². The highest BCUT2D eigenvalue weighted by atomic mass is 35.6. The minimum atomic E-state index is -1.85. The average Bonchev–Trinajstić information content (AvgIpc) is 2.97. The molecule has 1 N–H and O–H groups in total. The van der Waals surface area contributed by atoms with Gasteiger partial charge in [0, 0.05) is 5.69 Å². The summed E-state index contributed by atoms with van der Waals surface area (Å²) in [5.41, 5.74) is 0.324. The van der Waals surface area contributed by atoms with Crippen LogP contribution in [0.15, 0.2) is 30.3 Å². The van der Waals surface area contributed by atoms with Gasteiger partial charge >= 0.3 is 12.1 Å². The summed E-state index contributed by atoms with van der Waals surface area (Å²) in [6.45, 7) is 2.10. The van der Waals surface area contributed by atoms with Crippen LogP contribution in [0.25, 0.3) is 0 Å². The first-order valence-electron chi connectivity index (χ1n) is 9.95. The van der Waals surface area contributed by atoms with Crippen LogP contribution in [0.5, 0.6) is 0 Å². The molecule has 0 bridgehead atoms. The first kappa shape index (κ1) is 26.7. The van der Waals surface area contributed by atoms with Crippen LogP contribution in [0.3, 0.4) is 0 Å². The largest absolute Gasteiger partial charge is 0.614 e. The molecule has 3 amide bonds. The van der Waals surface area contributed by atoms with Crippen LogP contribution < -0.4 is 10.2 Å². The number of nitrogens with zero attached hydrogens (tertiary/aromatic N) is 2. The number of ether oxygens (including phenoxy) is 2. The number of carbonyl (C=O) groups excluding carboxylic acids is 4. The van der Waals surface area contributed by atoms with E-state index in [1.54, 1.807) is 44.2 Å². The summed E-state index contributed by atoms with van der Waals surface area (Å²) in [6, 6.07) is 5.97. The molecule has 186 valence electrons. The number of rotatable bonds is 6. The van der Waals surface area contributed by atoms with E-state index in [1.165, 1.54) is 12.0 Å². The normalized spacial score (nSPS) is 25.1. The van der Waals surface area contributed by atoms with Crippen molar-refractivity contribution in [3.8, 4) is 0 Å². The highest BCUT2D eigenvalue weighted by molar-refractivity contribution is 7.94. The minimum absolute atomic E-state index is 0.324. The summed E-state index contributed by atoms with van der Waals surface area (Å²) < 4.78 is 19.9. The maximum Gasteiger partial charge on any atom is 0.414 e. The summed E-state index contributed by atoms with van der Waals surface area (Å²) in [7, 11) is 1.18. The van der Waals surface area contributed by atoms with E-state index in [1.807, 2.05) is 0 Å². The van der Waals surface area contributed by atoms with Gasteiger partial charge in [-0.3, -0.25) is 19.4 Å². The van der Waals surface area contributed by atoms with Gasteiger partial charge in [-0.1, -0.05) is 53.0 Å². The van der Waals surface area contributed by atoms with E-state index in [2.05, 4.69) is 5.32 Å². The number of amides is 3. The lowest BCUT2D eigenvalue weighted by Gasteiger charge is -2.41. The average molecular weight is 555 g/mol. The molecule has 3 rings (SSSR count). The van der Waals surface area contributed by atoms with Crippen molar-refractivity contribution in [2.45, 2.75) is 39.8 Å². The Balaban J connectivity index is 1.73. The lowest BCUT2D eigenvalue weighted by atomic mass is 9.96. The standard InChI is InChI=1S/C20H22Cl3N3O7S/c1-19(2)14(17(29)32-3)26-15(28)13(16(26)34(19)31)24-12(27)9-25(11-7-5-4-6-8-11)18(30)33-10-20(21,22)23/h4-8,13-14,16H,9-10H2,1-3H3,(H,24,27)/t13?,14?,16-,34?/m1/s1. The number of para-hydroxylation sites is 1. The third kappa shape index (κ3) is 5.18. The predicted molar refractivity (Wildman–Crippen MR) is 126 cm³/mol. The van der Waals surface area contributed by atoms with Crippen molar-refractivity contribution >= 4 is 75.5 Å². The van der Waals surface area contributed by atoms with Gasteiger partial charge in [-0.15, -0.1) is 0 Å². The van der Waals surface area contributed by atoms with E-state index in [0.29, 0.717) is 5.69 Å². The monoisotopic (exact) mass is 553 g/mol. The van der Waals surface area contributed by atoms with Crippen LogP contribution in [0.2, 0.25) is 0 Å². The Bertz CT molecular complexity index is 976. The molecule has 0 aromatic heterocycles. The molecule has 0 radical (unpaired) electrons. The number of carbonyl (C=O) groups is 4. The van der Waals surface area contributed by atoms with Gasteiger partial charge in [0.2, 0.25) is 15.1 Å². The highest BCUT2D eigenvalue weighted by Gasteiger charge is 2.73. The summed E-state index contributed by atoms with van der Waals surface area (Å²) in [5, 5.41) is 1.60. The molecule has 0 spiro atoms. The minimum Gasteiger partial charge on any atom is -0.614 e. The molecule has 14 heteroatoms. The molecular weight excluding hydrogens is 533 g/mol. The van der Waals surface area contributed by atoms with Crippen molar-refractivity contribution in [1.29, 1.82) is 0 Å². The molecule has 0 saturated carbocycles. The zero-order chi connectivity index (χ0) is 25.4. The number of benzene rings is 1. The van der Waals surface area contributed by atoms with Gasteiger partial charge in [0.05, 0.1) is 7.11 Å². The number of anilines is 1. The molecule has 2 aliphatic heterocycles. The molecule has 3 unspecified atom stereocenters. The van der Waals surface area contributed by atoms with E-state index in [9.17, 15) is 23.7 Å². The third-order valence-electron chi connectivity index (χ3n) is 5.44. The fourth-order valence-electron chi connectivity index (χ4n) is 3.84. The Kier molecular flexibility index (Phi) is 7.83. The smallest absolute Gasteiger partial charge is 0.414 e. The van der Waals surface area contributed by atoms with Crippen molar-refractivity contribution in [3.05, 3.63) is 30.3 Å². The van der Waals surface area contributed by atoms with Gasteiger partial charge in [-0.05, 0) is 37.2 Å². The SMILES string of the molecule is COC(=O)C1N2C(=O)C(NC(=O)CN(C(=O)OCC(Cl)(Cl)Cl)c3ccccc3)[C@H]2[S+]([O-])C1(C)C. The van der Waals surface area contributed by atoms with Gasteiger partial charge in [-0.25, -0.2) is 9.59 Å². The van der Waals surface area contributed by atoms with Crippen molar-refractivity contribution in [3.63, 3.8) is 0 Å². The molecule has 2 saturated heterocycles. The number of β-lactam (4-membered cyclic amide) rings is 1. The summed E-state index contributed by atoms with van der Waals surface area (Å²) in [4.78, 5) is 52.6. The van der Waals surface area contributed by atoms with Crippen LogP contribution in [0.1, 0.15) is 13.8 Å². The van der Waals surface area contributed by atoms with E-state index in [-0.39, 0.29) is 0 Å². The molecule has 2 aliphatic rings. The number of hydrogen-bond donors (Lipinski definition) is 1. The lowest BCUT2D eigenvalue weighted by Crippen LogP contribution is -2.72. The van der Waals surface area contributed by atoms with Crippen molar-refractivity contribution in [2.24, 2.45) is 0 Å². The number of nitrogens with one attached hydrogen (secondary N) is 1. The lowest BCUT2D eigenvalue weighted by molar-refractivity contribution is -0.162. The molecule has 1 aromatic rings. The molecule has 2 fully saturated rings. The molecule has 10 nitrogen and oxygen atoms in total. The topological polar surface area (TPSA) is 128 Å². The van der Waals surface area contributed by atoms with Crippen molar-refractivity contribution in [2.75, 3.05) is 25.2 Å². The summed E-state index contributed by atoms with van der Waals surface area (Å²) in [6.07, 6.45) is -0.953. The van der Waals surface area contributed by atoms with Crippen molar-refractivity contribution < 1.29 is 33.2 Å². The fourth-order valence-corrected chi connectivity index (χ4v) is 5.92. The Labute approximate surface area is 213 Å². The van der Waals surface area contributed by atoms with Crippen LogP contribution in [0, 0.1) is 0 Å². The second-order valence-corrected chi connectivity index (χ2v) is 12.7. The van der Waals surface area contributed by atoms with E-state index < -0.39 is 74.2 Å². The maximum atomic E-state index is 13.0. The Hall–Kier alpha value is -1.92. The summed E-state index contributed by atoms with van der Waals surface area (Å²) >= 11 is 15.2. The quantitative estimate of drug-likeness (QED) is 0.245. The zero-order valence-corrected chi connectivity index (χ0v) is 21.4. The first-order chi connectivity index (χ1) is 15.8. The Morgan fingerprint density at radius 2 is 1.85 bits per heavy atom. The first-order valence-corrected chi connectivity index (χ1v) is 12.3. The van der Waals surface area contributed by atoms with Crippen LogP contribution in [0.4, 0.5) is 10.5 Å². The number of halogens is 3. The van der Waals surface area contributed by atoms with E-state index in [4.69, 9.17) is 44.3 Å². The molecule has 0 aliphatic carbocycles. The van der Waals surface area contributed by atoms with Gasteiger partial charge in [-0.2, -0.15) is 0 Å². The predicted octanol–water partition coefficient (Wildman–Crippen LogP) is 1.74. The van der Waals surface area contributed by atoms with Crippen LogP contribution >= 0.6 is 34.8 Å². The molecule has 34 heavy (non-hydrogen) atoms. The Morgan fingerprint density at radius 3 is 2.41 bits per heavy atom. The summed E-state index contributed by atoms with van der Waals surface area (Å²) in [5.74, 6) is -1.98. The van der Waals surface area contributed by atoms with E-state index >= 15 is 0 Å². The number of hydrogen-bond acceptors (Lipinski definition) is 7. The zero-order valence-electron chi connectivity index (χ0n) is 18.3. The number of alkyl halides is 3. The van der Waals surface area contributed by atoms with Gasteiger partial charge in [0.15, 0.2) is 16.8 Å². The second-order valence-electron chi connectivity index (χ2n) is 8.10. The van der Waals surface area contributed by atoms with Gasteiger partial charge in [0.25, 0.3) is 5.91 Å². The third-order valence-corrected chi connectivity index (χ3v) is 7.97. The molecule has 2 heterocycles. The van der Waals surface area contributed by atoms with Crippen LogP contribution in [-0.4, -0.2) is 79.6 Å². The van der Waals surface area contributed by atoms with Crippen molar-refractivity contribution in [1.82, 2.24) is 10.2 Å². The fraction of sp³-hybridized carbons (Fsp3) is 0.500. The molecule has 4 atom stereocenters. The van der Waals surface area contributed by atoms with Gasteiger partial charge in [0.1, 0.15) is 13.2 Å². The molecule has 1 aromatic carbocycles. The number of fused-ring (bicyclic) bond motifs is 1. The number of methoxy groups -OCH3 is 1. The molecular formula is C20H22Cl3N3O7S. The van der Waals surface area contributed by atoms with Crippen LogP contribution in [-0.2, 0) is 35.0 Å². The van der Waals surface area contributed by atoms with E-state index in [0.717, 1.165) is 4.90 Å². The Morgan fingerprint density at radius 1 is 1.24 bits per heavy atom. The maximum absolute atomic E-state index is 13.0.